The predicted octanol–water partition coefficient (Wildman–Crippen LogP) is 3.63. The van der Waals surface area contributed by atoms with Crippen LogP contribution in [-0.2, 0) is 0 Å². The standard InChI is InChI=1S/C16H26ClN3O2.2ClH/c1-4-20(5-2)9-7-6-8-19-16(21)12-10-13(17)14(18)11-15(12)22-3;;/h10-11H,4-9,18H2,1-3H3,(H,19,21);2*1H. The molecule has 1 rings (SSSR count). The molecule has 1 aromatic rings. The summed E-state index contributed by atoms with van der Waals surface area (Å²) in [6.45, 7) is 8.12. The van der Waals surface area contributed by atoms with E-state index in [1.807, 2.05) is 0 Å². The number of carbonyl (C=O) groups is 1. The second-order valence-corrected chi connectivity index (χ2v) is 5.47. The van der Waals surface area contributed by atoms with Gasteiger partial charge in [-0.3, -0.25) is 4.79 Å². The van der Waals surface area contributed by atoms with Crippen molar-refractivity contribution in [3.05, 3.63) is 22.7 Å². The fraction of sp³-hybridized carbons (Fsp3) is 0.562. The molecule has 0 aliphatic rings. The maximum absolute atomic E-state index is 12.2. The fourth-order valence-electron chi connectivity index (χ4n) is 2.21. The lowest BCUT2D eigenvalue weighted by atomic mass is 10.1. The second-order valence-electron chi connectivity index (χ2n) is 5.06. The molecule has 3 N–H and O–H groups in total. The summed E-state index contributed by atoms with van der Waals surface area (Å²) < 4.78 is 5.18. The number of hydrogen-bond acceptors (Lipinski definition) is 4. The number of benzene rings is 1. The first-order valence-corrected chi connectivity index (χ1v) is 8.04. The third kappa shape index (κ3) is 7.79. The van der Waals surface area contributed by atoms with E-state index >= 15 is 0 Å². The molecule has 0 spiro atoms. The number of nitrogen functional groups attached to an aromatic ring is 1. The highest BCUT2D eigenvalue weighted by molar-refractivity contribution is 6.33. The molecular weight excluding hydrogens is 373 g/mol. The first-order valence-electron chi connectivity index (χ1n) is 7.67. The van der Waals surface area contributed by atoms with Crippen molar-refractivity contribution in [1.82, 2.24) is 10.2 Å². The quantitative estimate of drug-likeness (QED) is 0.490. The topological polar surface area (TPSA) is 67.6 Å². The van der Waals surface area contributed by atoms with Crippen LogP contribution in [0.2, 0.25) is 5.02 Å². The molecule has 0 atom stereocenters. The first kappa shape index (κ1) is 25.4. The normalized spacial score (nSPS) is 9.88. The van der Waals surface area contributed by atoms with Crippen molar-refractivity contribution in [1.29, 1.82) is 0 Å². The van der Waals surface area contributed by atoms with Gasteiger partial charge in [0.05, 0.1) is 23.4 Å². The zero-order valence-corrected chi connectivity index (χ0v) is 16.8. The van der Waals surface area contributed by atoms with E-state index in [-0.39, 0.29) is 30.7 Å². The number of nitrogens with two attached hydrogens (primary N) is 1. The van der Waals surface area contributed by atoms with Gasteiger partial charge in [-0.05, 0) is 38.5 Å². The Kier molecular flexibility index (Phi) is 14.2. The Morgan fingerprint density at radius 1 is 1.25 bits per heavy atom. The second kappa shape index (κ2) is 13.4. The monoisotopic (exact) mass is 399 g/mol. The number of unbranched alkanes of at least 4 members (excludes halogenated alkanes) is 1. The maximum atomic E-state index is 12.2. The van der Waals surface area contributed by atoms with Crippen LogP contribution in [0.15, 0.2) is 12.1 Å². The Hall–Kier alpha value is -0.880. The summed E-state index contributed by atoms with van der Waals surface area (Å²) in [5.41, 5.74) is 6.52. The van der Waals surface area contributed by atoms with Gasteiger partial charge in [0.1, 0.15) is 5.75 Å². The number of anilines is 1. The lowest BCUT2D eigenvalue weighted by molar-refractivity contribution is 0.0949. The number of rotatable bonds is 9. The van der Waals surface area contributed by atoms with Crippen LogP contribution in [0.4, 0.5) is 5.69 Å². The number of carbonyl (C=O) groups excluding carboxylic acids is 1. The Balaban J connectivity index is 0. The molecule has 1 amide bonds. The van der Waals surface area contributed by atoms with Gasteiger partial charge in [-0.15, -0.1) is 24.8 Å². The highest BCUT2D eigenvalue weighted by atomic mass is 35.5. The number of methoxy groups -OCH3 is 1. The Bertz CT molecular complexity index is 498. The summed E-state index contributed by atoms with van der Waals surface area (Å²) in [7, 11) is 1.50. The van der Waals surface area contributed by atoms with Gasteiger partial charge >= 0.3 is 0 Å². The van der Waals surface area contributed by atoms with E-state index in [0.717, 1.165) is 32.5 Å². The summed E-state index contributed by atoms with van der Waals surface area (Å²) in [4.78, 5) is 14.6. The van der Waals surface area contributed by atoms with Crippen molar-refractivity contribution in [3.63, 3.8) is 0 Å². The number of ether oxygens (including phenoxy) is 1. The third-order valence-electron chi connectivity index (χ3n) is 3.64. The highest BCUT2D eigenvalue weighted by Crippen LogP contribution is 2.28. The van der Waals surface area contributed by atoms with Gasteiger partial charge in [-0.2, -0.15) is 0 Å². The van der Waals surface area contributed by atoms with Crippen LogP contribution in [0.1, 0.15) is 37.0 Å². The minimum Gasteiger partial charge on any atom is -0.496 e. The minimum atomic E-state index is -0.193. The van der Waals surface area contributed by atoms with Crippen LogP contribution in [-0.4, -0.2) is 44.1 Å². The molecule has 0 unspecified atom stereocenters. The molecule has 0 saturated heterocycles. The number of nitrogens with zero attached hydrogens (tertiary/aromatic N) is 1. The van der Waals surface area contributed by atoms with E-state index in [1.54, 1.807) is 12.1 Å². The summed E-state index contributed by atoms with van der Waals surface area (Å²) in [5.74, 6) is 0.240. The fourth-order valence-corrected chi connectivity index (χ4v) is 2.38. The zero-order chi connectivity index (χ0) is 16.5. The molecule has 0 heterocycles. The van der Waals surface area contributed by atoms with Crippen LogP contribution in [0, 0.1) is 0 Å². The predicted molar refractivity (Wildman–Crippen MR) is 106 cm³/mol. The molecule has 0 saturated carbocycles. The van der Waals surface area contributed by atoms with Crippen molar-refractivity contribution in [2.24, 2.45) is 0 Å². The van der Waals surface area contributed by atoms with Crippen molar-refractivity contribution in [3.8, 4) is 5.75 Å². The van der Waals surface area contributed by atoms with Gasteiger partial charge in [-0.1, -0.05) is 25.4 Å². The molecule has 0 bridgehead atoms. The lowest BCUT2D eigenvalue weighted by Crippen LogP contribution is -2.27. The van der Waals surface area contributed by atoms with Gasteiger partial charge < -0.3 is 20.7 Å². The van der Waals surface area contributed by atoms with Crippen LogP contribution >= 0.6 is 36.4 Å². The molecule has 24 heavy (non-hydrogen) atoms. The SMILES string of the molecule is CCN(CC)CCCCNC(=O)c1cc(Cl)c(N)cc1OC.Cl.Cl. The van der Waals surface area contributed by atoms with Crippen molar-refractivity contribution in [2.45, 2.75) is 26.7 Å². The van der Waals surface area contributed by atoms with Crippen LogP contribution in [0.25, 0.3) is 0 Å². The number of halogens is 3. The summed E-state index contributed by atoms with van der Waals surface area (Å²) in [5, 5.41) is 3.25. The lowest BCUT2D eigenvalue weighted by Gasteiger charge is -2.17. The molecule has 0 fully saturated rings. The van der Waals surface area contributed by atoms with Gasteiger partial charge in [0, 0.05) is 12.6 Å². The van der Waals surface area contributed by atoms with E-state index < -0.39 is 0 Å². The summed E-state index contributed by atoms with van der Waals surface area (Å²) in [6, 6.07) is 3.11. The van der Waals surface area contributed by atoms with Crippen LogP contribution in [0.3, 0.4) is 0 Å². The van der Waals surface area contributed by atoms with Gasteiger partial charge in [0.2, 0.25) is 0 Å². The number of hydrogen-bond donors (Lipinski definition) is 2. The van der Waals surface area contributed by atoms with E-state index in [1.165, 1.54) is 7.11 Å². The molecule has 140 valence electrons. The summed E-state index contributed by atoms with van der Waals surface area (Å²) in [6.07, 6.45) is 1.99. The highest BCUT2D eigenvalue weighted by Gasteiger charge is 2.14. The van der Waals surface area contributed by atoms with Crippen molar-refractivity contribution < 1.29 is 9.53 Å². The molecular formula is C16H28Cl3N3O2. The van der Waals surface area contributed by atoms with Gasteiger partial charge in [0.25, 0.3) is 5.91 Å². The zero-order valence-electron chi connectivity index (χ0n) is 14.4. The Labute approximate surface area is 162 Å². The molecule has 5 nitrogen and oxygen atoms in total. The minimum absolute atomic E-state index is 0. The van der Waals surface area contributed by atoms with E-state index in [9.17, 15) is 4.79 Å². The Morgan fingerprint density at radius 2 is 1.88 bits per heavy atom. The molecule has 0 radical (unpaired) electrons. The van der Waals surface area contributed by atoms with Crippen molar-refractivity contribution >= 4 is 48.0 Å². The van der Waals surface area contributed by atoms with E-state index in [0.29, 0.717) is 28.6 Å². The molecule has 0 aromatic heterocycles. The van der Waals surface area contributed by atoms with Gasteiger partial charge in [0.15, 0.2) is 0 Å². The Morgan fingerprint density at radius 3 is 2.42 bits per heavy atom. The average molecular weight is 401 g/mol. The molecule has 0 aliphatic heterocycles. The number of nitrogens with one attached hydrogen (secondary N) is 1. The average Bonchev–Trinajstić information content (AvgIpc) is 2.52. The summed E-state index contributed by atoms with van der Waals surface area (Å²) >= 11 is 5.97. The van der Waals surface area contributed by atoms with Crippen LogP contribution in [0.5, 0.6) is 5.75 Å². The number of amides is 1. The van der Waals surface area contributed by atoms with E-state index in [2.05, 4.69) is 24.1 Å². The molecule has 8 heteroatoms. The first-order chi connectivity index (χ1) is 10.5. The molecule has 0 aliphatic carbocycles. The van der Waals surface area contributed by atoms with Crippen LogP contribution < -0.4 is 15.8 Å². The molecule has 1 aromatic carbocycles. The largest absolute Gasteiger partial charge is 0.496 e. The third-order valence-corrected chi connectivity index (χ3v) is 3.97. The smallest absolute Gasteiger partial charge is 0.255 e. The van der Waals surface area contributed by atoms with Crippen molar-refractivity contribution in [2.75, 3.05) is 39.0 Å². The van der Waals surface area contributed by atoms with Gasteiger partial charge in [-0.25, -0.2) is 0 Å². The van der Waals surface area contributed by atoms with E-state index in [4.69, 9.17) is 22.1 Å². The maximum Gasteiger partial charge on any atom is 0.255 e.